The molecule has 0 spiro atoms. The highest BCUT2D eigenvalue weighted by atomic mass is 32.1. The Morgan fingerprint density at radius 1 is 1.25 bits per heavy atom. The number of carbonyl (C=O) groups is 2. The molecule has 0 bridgehead atoms. The fourth-order valence-corrected chi connectivity index (χ4v) is 4.21. The molecule has 148 valence electrons. The zero-order chi connectivity index (χ0) is 19.9. The third-order valence-electron chi connectivity index (χ3n) is 5.11. The molecule has 10 heteroatoms. The van der Waals surface area contributed by atoms with E-state index in [2.05, 4.69) is 15.5 Å². The highest BCUT2D eigenvalue weighted by Gasteiger charge is 2.37. The number of halogens is 3. The molecule has 6 nitrogen and oxygen atoms in total. The van der Waals surface area contributed by atoms with E-state index in [-0.39, 0.29) is 30.5 Å². The van der Waals surface area contributed by atoms with Gasteiger partial charge in [-0.2, -0.15) is 13.2 Å². The van der Waals surface area contributed by atoms with Gasteiger partial charge in [-0.05, 0) is 31.0 Å². The van der Waals surface area contributed by atoms with Gasteiger partial charge in [0.1, 0.15) is 5.01 Å². The van der Waals surface area contributed by atoms with Gasteiger partial charge in [-0.3, -0.25) is 9.59 Å². The van der Waals surface area contributed by atoms with Crippen molar-refractivity contribution in [3.8, 4) is 0 Å². The smallest absolute Gasteiger partial charge is 0.312 e. The lowest BCUT2D eigenvalue weighted by Crippen LogP contribution is -2.28. The fourth-order valence-electron chi connectivity index (χ4n) is 3.30. The number of nitrogens with one attached hydrogen (secondary N) is 1. The largest absolute Gasteiger partial charge is 0.416 e. The van der Waals surface area contributed by atoms with E-state index < -0.39 is 17.7 Å². The molecule has 2 fully saturated rings. The maximum Gasteiger partial charge on any atom is 0.416 e. The monoisotopic (exact) mass is 410 g/mol. The summed E-state index contributed by atoms with van der Waals surface area (Å²) in [5.74, 6) is -1.00. The molecule has 1 atom stereocenters. The van der Waals surface area contributed by atoms with Gasteiger partial charge in [-0.15, -0.1) is 10.2 Å². The Balaban J connectivity index is 1.42. The second-order valence-electron chi connectivity index (χ2n) is 7.02. The summed E-state index contributed by atoms with van der Waals surface area (Å²) in [5.41, 5.74) is -0.693. The van der Waals surface area contributed by atoms with Crippen LogP contribution in [0.1, 0.15) is 42.2 Å². The molecule has 1 aromatic heterocycles. The van der Waals surface area contributed by atoms with Crippen molar-refractivity contribution in [1.82, 2.24) is 10.2 Å². The number of hydrogen-bond donors (Lipinski definition) is 1. The SMILES string of the molecule is O=C(Nc1nnc(C2CCC2)s1)C1CC(=O)N(c2cccc(C(F)(F)F)c2)C1. The lowest BCUT2D eigenvalue weighted by molar-refractivity contribution is -0.137. The highest BCUT2D eigenvalue weighted by molar-refractivity contribution is 7.15. The van der Waals surface area contributed by atoms with Crippen molar-refractivity contribution >= 4 is 34.0 Å². The van der Waals surface area contributed by atoms with Crippen LogP contribution in [-0.4, -0.2) is 28.6 Å². The predicted molar refractivity (Wildman–Crippen MR) is 97.0 cm³/mol. The first-order chi connectivity index (χ1) is 13.3. The van der Waals surface area contributed by atoms with E-state index in [4.69, 9.17) is 0 Å². The molecule has 1 aliphatic heterocycles. The van der Waals surface area contributed by atoms with Crippen LogP contribution in [0.15, 0.2) is 24.3 Å². The Bertz CT molecular complexity index is 910. The van der Waals surface area contributed by atoms with Gasteiger partial charge in [-0.25, -0.2) is 0 Å². The van der Waals surface area contributed by atoms with E-state index in [0.717, 1.165) is 30.0 Å². The minimum Gasteiger partial charge on any atom is -0.312 e. The van der Waals surface area contributed by atoms with Crippen molar-refractivity contribution in [2.24, 2.45) is 5.92 Å². The van der Waals surface area contributed by atoms with Crippen LogP contribution in [-0.2, 0) is 15.8 Å². The van der Waals surface area contributed by atoms with Crippen molar-refractivity contribution < 1.29 is 22.8 Å². The van der Waals surface area contributed by atoms with Crippen molar-refractivity contribution in [2.45, 2.75) is 37.8 Å². The molecule has 28 heavy (non-hydrogen) atoms. The lowest BCUT2D eigenvalue weighted by atomic mass is 9.86. The Hall–Kier alpha value is -2.49. The minimum atomic E-state index is -4.49. The Morgan fingerprint density at radius 2 is 2.04 bits per heavy atom. The van der Waals surface area contributed by atoms with Gasteiger partial charge in [0.15, 0.2) is 0 Å². The molecule has 0 radical (unpaired) electrons. The summed E-state index contributed by atoms with van der Waals surface area (Å²) in [5, 5.41) is 12.0. The number of nitrogens with zero attached hydrogens (tertiary/aromatic N) is 3. The molecule has 4 rings (SSSR count). The average Bonchev–Trinajstić information content (AvgIpc) is 3.19. The van der Waals surface area contributed by atoms with Crippen LogP contribution in [0.4, 0.5) is 24.0 Å². The van der Waals surface area contributed by atoms with E-state index in [1.54, 1.807) is 0 Å². The van der Waals surface area contributed by atoms with E-state index in [0.29, 0.717) is 11.0 Å². The lowest BCUT2D eigenvalue weighted by Gasteiger charge is -2.21. The van der Waals surface area contributed by atoms with E-state index in [1.165, 1.54) is 34.8 Å². The third-order valence-corrected chi connectivity index (χ3v) is 6.11. The van der Waals surface area contributed by atoms with Gasteiger partial charge in [0.25, 0.3) is 0 Å². The Morgan fingerprint density at radius 3 is 2.71 bits per heavy atom. The second kappa shape index (κ2) is 7.16. The molecule has 1 saturated carbocycles. The molecule has 1 unspecified atom stereocenters. The molecular weight excluding hydrogens is 393 g/mol. The number of anilines is 2. The van der Waals surface area contributed by atoms with Crippen molar-refractivity contribution in [3.05, 3.63) is 34.8 Å². The molecule has 1 aliphatic carbocycles. The van der Waals surface area contributed by atoms with Crippen LogP contribution in [0.25, 0.3) is 0 Å². The minimum absolute atomic E-state index is 0.0280. The summed E-state index contributed by atoms with van der Waals surface area (Å²) in [4.78, 5) is 26.0. The number of rotatable bonds is 4. The van der Waals surface area contributed by atoms with Crippen molar-refractivity contribution in [3.63, 3.8) is 0 Å². The van der Waals surface area contributed by atoms with Crippen LogP contribution < -0.4 is 10.2 Å². The first kappa shape index (κ1) is 18.9. The van der Waals surface area contributed by atoms with Gasteiger partial charge >= 0.3 is 6.18 Å². The number of aromatic nitrogens is 2. The van der Waals surface area contributed by atoms with Crippen LogP contribution in [0.3, 0.4) is 0 Å². The van der Waals surface area contributed by atoms with Crippen LogP contribution in [0.2, 0.25) is 0 Å². The Kier molecular flexibility index (Phi) is 4.82. The first-order valence-electron chi connectivity index (χ1n) is 8.93. The summed E-state index contributed by atoms with van der Waals surface area (Å²) >= 11 is 1.33. The maximum absolute atomic E-state index is 12.9. The normalized spacial score (nSPS) is 20.3. The summed E-state index contributed by atoms with van der Waals surface area (Å²) in [6.45, 7) is 0.0280. The molecule has 1 N–H and O–H groups in total. The number of benzene rings is 1. The predicted octanol–water partition coefficient (Wildman–Crippen LogP) is 3.82. The van der Waals surface area contributed by atoms with Crippen LogP contribution >= 0.6 is 11.3 Å². The van der Waals surface area contributed by atoms with E-state index >= 15 is 0 Å². The average molecular weight is 410 g/mol. The van der Waals surface area contributed by atoms with Gasteiger partial charge in [0.05, 0.1) is 11.5 Å². The van der Waals surface area contributed by atoms with E-state index in [9.17, 15) is 22.8 Å². The van der Waals surface area contributed by atoms with Gasteiger partial charge in [0, 0.05) is 24.6 Å². The first-order valence-corrected chi connectivity index (χ1v) is 9.75. The topological polar surface area (TPSA) is 75.2 Å². The van der Waals surface area contributed by atoms with Crippen LogP contribution in [0, 0.1) is 5.92 Å². The third kappa shape index (κ3) is 3.73. The highest BCUT2D eigenvalue weighted by Crippen LogP contribution is 2.39. The number of hydrogen-bond acceptors (Lipinski definition) is 5. The standard InChI is InChI=1S/C18H17F3N4O2S/c19-18(20,21)12-5-2-6-13(8-12)25-9-11(7-14(25)26)15(27)22-17-24-23-16(28-17)10-3-1-4-10/h2,5-6,8,10-11H,1,3-4,7,9H2,(H,22,24,27). The number of alkyl halides is 3. The summed E-state index contributed by atoms with van der Waals surface area (Å²) in [6, 6.07) is 4.56. The number of amides is 2. The molecule has 2 aromatic rings. The van der Waals surface area contributed by atoms with E-state index in [1.807, 2.05) is 0 Å². The quantitative estimate of drug-likeness (QED) is 0.832. The molecule has 2 heterocycles. The Labute approximate surface area is 162 Å². The van der Waals surface area contributed by atoms with Gasteiger partial charge in [-0.1, -0.05) is 23.8 Å². The second-order valence-corrected chi connectivity index (χ2v) is 8.03. The zero-order valence-electron chi connectivity index (χ0n) is 14.7. The summed E-state index contributed by atoms with van der Waals surface area (Å²) < 4.78 is 38.7. The van der Waals surface area contributed by atoms with Gasteiger partial charge < -0.3 is 10.2 Å². The van der Waals surface area contributed by atoms with Crippen molar-refractivity contribution in [1.29, 1.82) is 0 Å². The number of carbonyl (C=O) groups excluding carboxylic acids is 2. The fraction of sp³-hybridized carbons (Fsp3) is 0.444. The maximum atomic E-state index is 12.9. The molecule has 1 aromatic carbocycles. The molecule has 2 aliphatic rings. The molecule has 2 amide bonds. The summed E-state index contributed by atoms with van der Waals surface area (Å²) in [6.07, 6.45) is -1.24. The molecule has 1 saturated heterocycles. The van der Waals surface area contributed by atoms with Gasteiger partial charge in [0.2, 0.25) is 16.9 Å². The summed E-state index contributed by atoms with van der Waals surface area (Å²) in [7, 11) is 0. The van der Waals surface area contributed by atoms with Crippen LogP contribution in [0.5, 0.6) is 0 Å². The van der Waals surface area contributed by atoms with Crippen molar-refractivity contribution in [2.75, 3.05) is 16.8 Å². The molecular formula is C18H17F3N4O2S. The zero-order valence-corrected chi connectivity index (χ0v) is 15.5.